The molecule has 0 unspecified atom stereocenters. The predicted molar refractivity (Wildman–Crippen MR) is 52.7 cm³/mol. The first-order chi connectivity index (χ1) is 6.20. The highest BCUT2D eigenvalue weighted by Crippen LogP contribution is 2.49. The Morgan fingerprint density at radius 2 is 2.15 bits per heavy atom. The van der Waals surface area contributed by atoms with Crippen LogP contribution in [-0.2, 0) is 13.6 Å². The molecule has 13 heavy (non-hydrogen) atoms. The zero-order valence-electron chi connectivity index (χ0n) is 8.03. The molecule has 0 aromatic rings. The predicted octanol–water partition coefficient (Wildman–Crippen LogP) is 3.10. The monoisotopic (exact) mass is 202 g/mol. The number of allylic oxidation sites excluding steroid dienone is 3. The van der Waals surface area contributed by atoms with Gasteiger partial charge < -0.3 is 9.05 Å². The number of hydrogen-bond donors (Lipinski definition) is 0. The first-order valence-corrected chi connectivity index (χ1v) is 5.91. The topological polar surface area (TPSA) is 35.5 Å². The highest BCUT2D eigenvalue weighted by molar-refractivity contribution is 7.57. The maximum Gasteiger partial charge on any atom is 0.353 e. The third kappa shape index (κ3) is 3.11. The lowest BCUT2D eigenvalue weighted by molar-refractivity contribution is 0.286. The van der Waals surface area contributed by atoms with E-state index >= 15 is 0 Å². The van der Waals surface area contributed by atoms with Crippen molar-refractivity contribution < 1.29 is 13.6 Å². The molecular formula is C9H15O3P. The van der Waals surface area contributed by atoms with Gasteiger partial charge in [0.1, 0.15) is 0 Å². The molecule has 0 bridgehead atoms. The number of hydrogen-bond acceptors (Lipinski definition) is 3. The second kappa shape index (κ2) is 4.75. The first-order valence-electron chi connectivity index (χ1n) is 4.29. The van der Waals surface area contributed by atoms with Crippen molar-refractivity contribution in [3.63, 3.8) is 0 Å². The molecular weight excluding hydrogens is 187 g/mol. The lowest BCUT2D eigenvalue weighted by atomic mass is 10.0. The summed E-state index contributed by atoms with van der Waals surface area (Å²) in [5, 5.41) is 0. The summed E-state index contributed by atoms with van der Waals surface area (Å²) in [5.74, 6) is 1.60. The van der Waals surface area contributed by atoms with Crippen molar-refractivity contribution in [2.75, 3.05) is 14.2 Å². The highest BCUT2D eigenvalue weighted by Gasteiger charge is 2.18. The molecule has 0 aromatic carbocycles. The highest BCUT2D eigenvalue weighted by atomic mass is 31.2. The van der Waals surface area contributed by atoms with Crippen molar-refractivity contribution in [3.8, 4) is 0 Å². The normalized spacial score (nSPS) is 20.9. The minimum absolute atomic E-state index is 0.952. The van der Waals surface area contributed by atoms with E-state index in [4.69, 9.17) is 9.05 Å². The SMILES string of the molecule is COP(=O)(/C=C1\C=CCCC1)OC. The Hall–Kier alpha value is -0.370. The quantitative estimate of drug-likeness (QED) is 0.659. The van der Waals surface area contributed by atoms with Crippen molar-refractivity contribution in [2.45, 2.75) is 19.3 Å². The fourth-order valence-electron chi connectivity index (χ4n) is 1.23. The van der Waals surface area contributed by atoms with Crippen LogP contribution in [0.15, 0.2) is 23.5 Å². The Bertz CT molecular complexity index is 260. The van der Waals surface area contributed by atoms with Gasteiger partial charge in [0.05, 0.1) is 0 Å². The molecule has 74 valence electrons. The second-order valence-electron chi connectivity index (χ2n) is 2.90. The van der Waals surface area contributed by atoms with E-state index in [0.29, 0.717) is 0 Å². The van der Waals surface area contributed by atoms with Gasteiger partial charge in [0, 0.05) is 20.0 Å². The Labute approximate surface area is 79.0 Å². The molecule has 0 atom stereocenters. The van der Waals surface area contributed by atoms with E-state index in [1.54, 1.807) is 5.82 Å². The standard InChI is InChI=1S/C9H15O3P/c1-11-13(10,12-2)8-9-6-4-3-5-7-9/h4,6,8H,3,5,7H2,1-2H3/b9-8+. The summed E-state index contributed by atoms with van der Waals surface area (Å²) < 4.78 is 21.3. The summed E-state index contributed by atoms with van der Waals surface area (Å²) in [4.78, 5) is 0. The maximum absolute atomic E-state index is 11.7. The molecule has 4 heteroatoms. The van der Waals surface area contributed by atoms with Crippen molar-refractivity contribution in [1.82, 2.24) is 0 Å². The van der Waals surface area contributed by atoms with Crippen LogP contribution in [-0.4, -0.2) is 14.2 Å². The van der Waals surface area contributed by atoms with Gasteiger partial charge in [0.15, 0.2) is 0 Å². The molecule has 0 heterocycles. The van der Waals surface area contributed by atoms with Gasteiger partial charge in [0.25, 0.3) is 0 Å². The molecule has 3 nitrogen and oxygen atoms in total. The van der Waals surface area contributed by atoms with E-state index in [-0.39, 0.29) is 0 Å². The molecule has 0 aliphatic heterocycles. The Morgan fingerprint density at radius 1 is 1.46 bits per heavy atom. The van der Waals surface area contributed by atoms with Crippen molar-refractivity contribution in [2.24, 2.45) is 0 Å². The molecule has 0 amide bonds. The van der Waals surface area contributed by atoms with E-state index in [0.717, 1.165) is 24.8 Å². The summed E-state index contributed by atoms with van der Waals surface area (Å²) in [6, 6.07) is 0. The minimum Gasteiger partial charge on any atom is -0.309 e. The first kappa shape index (κ1) is 10.7. The van der Waals surface area contributed by atoms with Crippen molar-refractivity contribution >= 4 is 7.60 Å². The molecule has 0 N–H and O–H groups in total. The number of rotatable bonds is 3. The van der Waals surface area contributed by atoms with Gasteiger partial charge in [-0.15, -0.1) is 0 Å². The van der Waals surface area contributed by atoms with Gasteiger partial charge in [-0.25, -0.2) is 0 Å². The molecule has 0 fully saturated rings. The van der Waals surface area contributed by atoms with Crippen LogP contribution in [0.3, 0.4) is 0 Å². The molecule has 0 saturated heterocycles. The third-order valence-electron chi connectivity index (χ3n) is 2.00. The van der Waals surface area contributed by atoms with E-state index < -0.39 is 7.60 Å². The fraction of sp³-hybridized carbons (Fsp3) is 0.556. The molecule has 1 aliphatic carbocycles. The van der Waals surface area contributed by atoms with Crippen LogP contribution in [0.2, 0.25) is 0 Å². The van der Waals surface area contributed by atoms with Crippen molar-refractivity contribution in [3.05, 3.63) is 23.5 Å². The summed E-state index contributed by atoms with van der Waals surface area (Å²) in [6.45, 7) is 0. The van der Waals surface area contributed by atoms with Crippen LogP contribution in [0.1, 0.15) is 19.3 Å². The Morgan fingerprint density at radius 3 is 2.62 bits per heavy atom. The van der Waals surface area contributed by atoms with Crippen LogP contribution < -0.4 is 0 Å². The summed E-state index contributed by atoms with van der Waals surface area (Å²) in [6.07, 6.45) is 7.21. The molecule has 0 spiro atoms. The minimum atomic E-state index is -2.96. The fourth-order valence-corrected chi connectivity index (χ4v) is 2.21. The zero-order chi connectivity index (χ0) is 9.73. The van der Waals surface area contributed by atoms with Gasteiger partial charge >= 0.3 is 7.60 Å². The smallest absolute Gasteiger partial charge is 0.309 e. The lowest BCUT2D eigenvalue weighted by Gasteiger charge is -2.12. The summed E-state index contributed by atoms with van der Waals surface area (Å²) >= 11 is 0. The van der Waals surface area contributed by atoms with Crippen LogP contribution in [0.4, 0.5) is 0 Å². The largest absolute Gasteiger partial charge is 0.353 e. The second-order valence-corrected chi connectivity index (χ2v) is 4.97. The van der Waals surface area contributed by atoms with E-state index in [2.05, 4.69) is 6.08 Å². The van der Waals surface area contributed by atoms with E-state index in [1.807, 2.05) is 6.08 Å². The molecule has 1 aliphatic rings. The Kier molecular flexibility index (Phi) is 3.91. The van der Waals surface area contributed by atoms with Gasteiger partial charge in [0.2, 0.25) is 0 Å². The zero-order valence-corrected chi connectivity index (χ0v) is 8.92. The van der Waals surface area contributed by atoms with E-state index in [1.165, 1.54) is 14.2 Å². The summed E-state index contributed by atoms with van der Waals surface area (Å²) in [5.41, 5.74) is 1.04. The van der Waals surface area contributed by atoms with Gasteiger partial charge in [-0.3, -0.25) is 4.57 Å². The lowest BCUT2D eigenvalue weighted by Crippen LogP contribution is -1.90. The van der Waals surface area contributed by atoms with Crippen LogP contribution in [0, 0.1) is 0 Å². The molecule has 1 rings (SSSR count). The van der Waals surface area contributed by atoms with Crippen LogP contribution >= 0.6 is 7.60 Å². The van der Waals surface area contributed by atoms with Gasteiger partial charge in [-0.05, 0) is 24.8 Å². The van der Waals surface area contributed by atoms with Gasteiger partial charge in [-0.1, -0.05) is 12.2 Å². The molecule has 0 saturated carbocycles. The third-order valence-corrected chi connectivity index (χ3v) is 3.67. The van der Waals surface area contributed by atoms with Gasteiger partial charge in [-0.2, -0.15) is 0 Å². The van der Waals surface area contributed by atoms with Crippen molar-refractivity contribution in [1.29, 1.82) is 0 Å². The Balaban J connectivity index is 2.78. The maximum atomic E-state index is 11.7. The van der Waals surface area contributed by atoms with Crippen LogP contribution in [0.5, 0.6) is 0 Å². The summed E-state index contributed by atoms with van der Waals surface area (Å²) in [7, 11) is -0.169. The van der Waals surface area contributed by atoms with E-state index in [9.17, 15) is 4.57 Å². The molecule has 0 aromatic heterocycles. The average Bonchev–Trinajstić information content (AvgIpc) is 2.19. The average molecular weight is 202 g/mol. The molecule has 0 radical (unpaired) electrons. The van der Waals surface area contributed by atoms with Crippen LogP contribution in [0.25, 0.3) is 0 Å².